The van der Waals surface area contributed by atoms with Crippen LogP contribution in [0.3, 0.4) is 0 Å². The van der Waals surface area contributed by atoms with E-state index in [0.29, 0.717) is 11.2 Å². The van der Waals surface area contributed by atoms with Crippen LogP contribution >= 0.6 is 23.5 Å². The number of thioether (sulfide) groups is 1. The Morgan fingerprint density at radius 1 is 1.42 bits per heavy atom. The SMILES string of the molecule is O=S1CC1CSc1nsnc1[C@H]1CN2CCC[C@H]1C2. The van der Waals surface area contributed by atoms with Crippen molar-refractivity contribution < 1.29 is 4.21 Å². The lowest BCUT2D eigenvalue weighted by Crippen LogP contribution is -2.25. The summed E-state index contributed by atoms with van der Waals surface area (Å²) in [7, 11) is -0.547. The van der Waals surface area contributed by atoms with E-state index < -0.39 is 10.8 Å². The largest absolute Gasteiger partial charge is 0.302 e. The molecule has 3 fully saturated rings. The molecule has 1 aromatic heterocycles. The van der Waals surface area contributed by atoms with Crippen LogP contribution in [0.4, 0.5) is 0 Å². The number of piperidine rings is 1. The van der Waals surface area contributed by atoms with Crippen molar-refractivity contribution in [2.45, 2.75) is 29.0 Å². The molecule has 3 aliphatic rings. The molecule has 4 nitrogen and oxygen atoms in total. The van der Waals surface area contributed by atoms with E-state index in [-0.39, 0.29) is 0 Å². The lowest BCUT2D eigenvalue weighted by molar-refractivity contribution is 0.269. The average Bonchev–Trinajstić information content (AvgIpc) is 2.84. The average molecular weight is 315 g/mol. The molecule has 104 valence electrons. The quantitative estimate of drug-likeness (QED) is 0.623. The first kappa shape index (κ1) is 12.7. The van der Waals surface area contributed by atoms with Gasteiger partial charge in [-0.05, 0) is 25.3 Å². The second kappa shape index (κ2) is 5.09. The topological polar surface area (TPSA) is 46.1 Å². The lowest BCUT2D eigenvalue weighted by Gasteiger charge is -2.21. The highest BCUT2D eigenvalue weighted by Crippen LogP contribution is 2.41. The molecule has 1 aromatic rings. The summed E-state index contributed by atoms with van der Waals surface area (Å²) in [6.45, 7) is 3.67. The van der Waals surface area contributed by atoms with Crippen molar-refractivity contribution >= 4 is 34.3 Å². The molecule has 3 unspecified atom stereocenters. The van der Waals surface area contributed by atoms with Crippen molar-refractivity contribution in [3.63, 3.8) is 0 Å². The van der Waals surface area contributed by atoms with Crippen LogP contribution in [0.1, 0.15) is 24.5 Å². The minimum absolute atomic E-state index is 0.408. The molecule has 3 aliphatic heterocycles. The highest BCUT2D eigenvalue weighted by molar-refractivity contribution is 8.01. The minimum atomic E-state index is -0.547. The predicted octanol–water partition coefficient (Wildman–Crippen LogP) is 1.57. The van der Waals surface area contributed by atoms with Crippen LogP contribution in [0.2, 0.25) is 0 Å². The van der Waals surface area contributed by atoms with E-state index in [4.69, 9.17) is 0 Å². The lowest BCUT2D eigenvalue weighted by atomic mass is 9.89. The molecule has 4 rings (SSSR count). The van der Waals surface area contributed by atoms with Gasteiger partial charge in [-0.25, -0.2) is 0 Å². The molecule has 0 N–H and O–H groups in total. The Morgan fingerprint density at radius 3 is 3.11 bits per heavy atom. The fourth-order valence-electron chi connectivity index (χ4n) is 3.28. The molecule has 0 spiro atoms. The second-order valence-corrected chi connectivity index (χ2v) is 9.00. The summed E-state index contributed by atoms with van der Waals surface area (Å²) in [5, 5.41) is 1.53. The molecule has 2 bridgehead atoms. The van der Waals surface area contributed by atoms with Crippen LogP contribution in [-0.2, 0) is 10.8 Å². The van der Waals surface area contributed by atoms with Gasteiger partial charge in [0.05, 0.1) is 22.7 Å². The molecule has 19 heavy (non-hydrogen) atoms. The van der Waals surface area contributed by atoms with Gasteiger partial charge in [0.15, 0.2) is 0 Å². The zero-order valence-electron chi connectivity index (χ0n) is 10.7. The summed E-state index contributed by atoms with van der Waals surface area (Å²) in [6.07, 6.45) is 2.68. The van der Waals surface area contributed by atoms with E-state index in [1.807, 2.05) is 0 Å². The van der Waals surface area contributed by atoms with Crippen molar-refractivity contribution in [2.75, 3.05) is 31.1 Å². The molecule has 0 amide bonds. The number of hydrogen-bond donors (Lipinski definition) is 0. The second-order valence-electron chi connectivity index (χ2n) is 5.70. The third kappa shape index (κ3) is 2.50. The molecule has 0 radical (unpaired) electrons. The van der Waals surface area contributed by atoms with E-state index in [2.05, 4.69) is 13.6 Å². The van der Waals surface area contributed by atoms with Crippen LogP contribution in [-0.4, -0.2) is 54.2 Å². The summed E-state index contributed by atoms with van der Waals surface area (Å²) in [5.41, 5.74) is 1.23. The van der Waals surface area contributed by atoms with Gasteiger partial charge < -0.3 is 4.90 Å². The van der Waals surface area contributed by atoms with Gasteiger partial charge in [0.25, 0.3) is 0 Å². The van der Waals surface area contributed by atoms with Crippen LogP contribution in [0, 0.1) is 5.92 Å². The van der Waals surface area contributed by atoms with E-state index >= 15 is 0 Å². The van der Waals surface area contributed by atoms with Crippen LogP contribution < -0.4 is 0 Å². The van der Waals surface area contributed by atoms with Crippen LogP contribution in [0.25, 0.3) is 0 Å². The number of nitrogens with zero attached hydrogens (tertiary/aromatic N) is 3. The van der Waals surface area contributed by atoms with E-state index in [9.17, 15) is 4.21 Å². The van der Waals surface area contributed by atoms with Crippen molar-refractivity contribution in [2.24, 2.45) is 5.92 Å². The normalized spacial score (nSPS) is 40.5. The van der Waals surface area contributed by atoms with E-state index in [1.165, 1.54) is 49.9 Å². The van der Waals surface area contributed by atoms with Crippen molar-refractivity contribution in [1.82, 2.24) is 13.6 Å². The Bertz CT molecular complexity index is 506. The molecule has 3 saturated heterocycles. The summed E-state index contributed by atoms with van der Waals surface area (Å²) in [5.74, 6) is 3.21. The fourth-order valence-corrected chi connectivity index (χ4v) is 6.50. The standard InChI is InChI=1S/C12H17N3OS3/c16-19-7-9(19)6-17-12-11(13-18-14-12)10-5-15-3-1-2-8(10)4-15/h8-10H,1-7H2/t8-,9?,10-,19?/m0/s1. The number of rotatable bonds is 4. The Kier molecular flexibility index (Phi) is 3.41. The van der Waals surface area contributed by atoms with Gasteiger partial charge in [0, 0.05) is 41.3 Å². The summed E-state index contributed by atoms with van der Waals surface area (Å²) in [4.78, 5) is 2.57. The summed E-state index contributed by atoms with van der Waals surface area (Å²) < 4.78 is 20.3. The van der Waals surface area contributed by atoms with Crippen LogP contribution in [0.15, 0.2) is 5.03 Å². The number of fused-ring (bicyclic) bond motifs is 2. The summed E-state index contributed by atoms with van der Waals surface area (Å²) >= 11 is 3.12. The third-order valence-electron chi connectivity index (χ3n) is 4.41. The first-order valence-corrected chi connectivity index (χ1v) is 9.96. The Balaban J connectivity index is 1.48. The van der Waals surface area contributed by atoms with Gasteiger partial charge in [-0.15, -0.1) is 11.8 Å². The van der Waals surface area contributed by atoms with Gasteiger partial charge in [-0.2, -0.15) is 8.75 Å². The van der Waals surface area contributed by atoms with E-state index in [0.717, 1.165) is 22.4 Å². The van der Waals surface area contributed by atoms with Gasteiger partial charge in [0.2, 0.25) is 0 Å². The Labute approximate surface area is 124 Å². The minimum Gasteiger partial charge on any atom is -0.302 e. The smallest absolute Gasteiger partial charge is 0.134 e. The summed E-state index contributed by atoms with van der Waals surface area (Å²) in [6, 6.07) is 0. The Hall–Kier alpha value is 0.0200. The molecular formula is C12H17N3OS3. The zero-order chi connectivity index (χ0) is 12.8. The first-order chi connectivity index (χ1) is 9.31. The van der Waals surface area contributed by atoms with Gasteiger partial charge >= 0.3 is 0 Å². The first-order valence-electron chi connectivity index (χ1n) is 6.86. The van der Waals surface area contributed by atoms with Crippen molar-refractivity contribution in [3.8, 4) is 0 Å². The highest BCUT2D eigenvalue weighted by atomic mass is 32.2. The third-order valence-corrected chi connectivity index (χ3v) is 7.80. The number of aromatic nitrogens is 2. The molecule has 0 aromatic carbocycles. The van der Waals surface area contributed by atoms with Crippen molar-refractivity contribution in [3.05, 3.63) is 5.69 Å². The van der Waals surface area contributed by atoms with E-state index in [1.54, 1.807) is 11.8 Å². The maximum atomic E-state index is 11.2. The molecule has 5 atom stereocenters. The van der Waals surface area contributed by atoms with Gasteiger partial charge in [0.1, 0.15) is 5.03 Å². The molecule has 0 saturated carbocycles. The maximum Gasteiger partial charge on any atom is 0.134 e. The molecular weight excluding hydrogens is 298 g/mol. The monoisotopic (exact) mass is 315 g/mol. The Morgan fingerprint density at radius 2 is 2.32 bits per heavy atom. The number of hydrogen-bond acceptors (Lipinski definition) is 6. The molecule has 7 heteroatoms. The van der Waals surface area contributed by atoms with Crippen LogP contribution in [0.5, 0.6) is 0 Å². The zero-order valence-corrected chi connectivity index (χ0v) is 13.1. The maximum absolute atomic E-state index is 11.2. The predicted molar refractivity (Wildman–Crippen MR) is 79.3 cm³/mol. The van der Waals surface area contributed by atoms with Gasteiger partial charge in [-0.3, -0.25) is 4.21 Å². The van der Waals surface area contributed by atoms with Gasteiger partial charge in [-0.1, -0.05) is 0 Å². The molecule has 4 heterocycles. The van der Waals surface area contributed by atoms with Crippen molar-refractivity contribution in [1.29, 1.82) is 0 Å². The fraction of sp³-hybridized carbons (Fsp3) is 0.833. The molecule has 0 aliphatic carbocycles. The highest BCUT2D eigenvalue weighted by Gasteiger charge is 2.39.